The fourth-order valence-electron chi connectivity index (χ4n) is 4.23. The number of halogens is 4. The predicted octanol–water partition coefficient (Wildman–Crippen LogP) is 6.08. The van der Waals surface area contributed by atoms with E-state index in [0.29, 0.717) is 5.95 Å². The van der Waals surface area contributed by atoms with Gasteiger partial charge in [0.25, 0.3) is 0 Å². The van der Waals surface area contributed by atoms with Gasteiger partial charge in [0, 0.05) is 36.6 Å². The Morgan fingerprint density at radius 3 is 2.40 bits per heavy atom. The number of alkyl halides is 3. The van der Waals surface area contributed by atoms with Crippen molar-refractivity contribution in [3.63, 3.8) is 0 Å². The average molecular weight is 523 g/mol. The Kier molecular flexibility index (Phi) is 7.51. The molecule has 1 heterocycles. The van der Waals surface area contributed by atoms with Crippen LogP contribution < -0.4 is 20.9 Å². The van der Waals surface area contributed by atoms with E-state index in [2.05, 4.69) is 20.9 Å². The van der Waals surface area contributed by atoms with E-state index in [4.69, 9.17) is 28.8 Å². The monoisotopic (exact) mass is 522 g/mol. The van der Waals surface area contributed by atoms with Crippen molar-refractivity contribution < 1.29 is 13.2 Å². The van der Waals surface area contributed by atoms with Gasteiger partial charge in [0.15, 0.2) is 5.11 Å². The Morgan fingerprint density at radius 2 is 1.71 bits per heavy atom. The summed E-state index contributed by atoms with van der Waals surface area (Å²) >= 11 is 11.0. The summed E-state index contributed by atoms with van der Waals surface area (Å²) in [6, 6.07) is 11.7. The standard InChI is InChI=1S/C24H26ClF3N6S/c1-34(2)21-17-5-3-4-6-19(17)31-22(33-21)29-15-8-10-16(11-9-15)30-23(35)32-20-12-7-14(25)13-18(20)24(26,27)28/h3-7,12-13,15-16H,8-11H2,1-2H3,(H,29,31,33)(H2,30,32,35)/t15-,16+. The van der Waals surface area contributed by atoms with Gasteiger partial charge in [-0.1, -0.05) is 23.7 Å². The summed E-state index contributed by atoms with van der Waals surface area (Å²) in [6.07, 6.45) is -1.23. The fourth-order valence-corrected chi connectivity index (χ4v) is 4.68. The summed E-state index contributed by atoms with van der Waals surface area (Å²) in [7, 11) is 3.90. The highest BCUT2D eigenvalue weighted by Gasteiger charge is 2.34. The predicted molar refractivity (Wildman–Crippen MR) is 139 cm³/mol. The molecule has 3 N–H and O–H groups in total. The van der Waals surface area contributed by atoms with Gasteiger partial charge in [-0.2, -0.15) is 18.2 Å². The van der Waals surface area contributed by atoms with Crippen LogP contribution in [0.15, 0.2) is 42.5 Å². The van der Waals surface area contributed by atoms with E-state index in [-0.39, 0.29) is 27.9 Å². The molecule has 11 heteroatoms. The molecule has 1 aliphatic rings. The van der Waals surface area contributed by atoms with Crippen molar-refractivity contribution in [3.8, 4) is 0 Å². The maximum absolute atomic E-state index is 13.3. The minimum absolute atomic E-state index is 0.0145. The zero-order valence-electron chi connectivity index (χ0n) is 19.3. The van der Waals surface area contributed by atoms with E-state index in [9.17, 15) is 13.2 Å². The third kappa shape index (κ3) is 6.24. The number of benzene rings is 2. The third-order valence-electron chi connectivity index (χ3n) is 5.94. The van der Waals surface area contributed by atoms with Crippen LogP contribution in [-0.2, 0) is 6.18 Å². The summed E-state index contributed by atoms with van der Waals surface area (Å²) in [6.45, 7) is 0. The number of aromatic nitrogens is 2. The molecular weight excluding hydrogens is 497 g/mol. The Balaban J connectivity index is 1.34. The second-order valence-corrected chi connectivity index (χ2v) is 9.61. The van der Waals surface area contributed by atoms with E-state index < -0.39 is 11.7 Å². The molecule has 0 aliphatic heterocycles. The van der Waals surface area contributed by atoms with Crippen LogP contribution in [0.2, 0.25) is 5.02 Å². The Bertz CT molecular complexity index is 1210. The molecule has 3 aromatic rings. The van der Waals surface area contributed by atoms with Crippen LogP contribution in [0.25, 0.3) is 10.9 Å². The first-order valence-corrected chi connectivity index (χ1v) is 12.0. The molecule has 0 atom stereocenters. The molecule has 0 spiro atoms. The minimum atomic E-state index is -4.54. The minimum Gasteiger partial charge on any atom is -0.362 e. The second kappa shape index (κ2) is 10.4. The highest BCUT2D eigenvalue weighted by molar-refractivity contribution is 7.80. The lowest BCUT2D eigenvalue weighted by molar-refractivity contribution is -0.136. The molecule has 1 aliphatic carbocycles. The summed E-state index contributed by atoms with van der Waals surface area (Å²) in [5.41, 5.74) is -0.102. The number of hydrogen-bond acceptors (Lipinski definition) is 5. The van der Waals surface area contributed by atoms with Crippen molar-refractivity contribution in [2.75, 3.05) is 29.6 Å². The maximum atomic E-state index is 13.3. The molecule has 6 nitrogen and oxygen atoms in total. The van der Waals surface area contributed by atoms with Crippen LogP contribution in [0.5, 0.6) is 0 Å². The van der Waals surface area contributed by atoms with E-state index in [1.54, 1.807) is 0 Å². The average Bonchev–Trinajstić information content (AvgIpc) is 2.80. The van der Waals surface area contributed by atoms with Gasteiger partial charge in [0.05, 0.1) is 16.8 Å². The highest BCUT2D eigenvalue weighted by Crippen LogP contribution is 2.36. The molecule has 1 fully saturated rings. The van der Waals surface area contributed by atoms with Gasteiger partial charge >= 0.3 is 6.18 Å². The van der Waals surface area contributed by atoms with E-state index in [1.165, 1.54) is 12.1 Å². The van der Waals surface area contributed by atoms with Crippen molar-refractivity contribution in [2.24, 2.45) is 0 Å². The van der Waals surface area contributed by atoms with Crippen molar-refractivity contribution >= 4 is 57.3 Å². The fraction of sp³-hybridized carbons (Fsp3) is 0.375. The quantitative estimate of drug-likeness (QED) is 0.351. The normalized spacial score (nSPS) is 18.2. The topological polar surface area (TPSA) is 65.1 Å². The van der Waals surface area contributed by atoms with Gasteiger partial charge in [0.2, 0.25) is 5.95 Å². The van der Waals surface area contributed by atoms with Gasteiger partial charge in [-0.25, -0.2) is 4.98 Å². The summed E-state index contributed by atoms with van der Waals surface area (Å²) < 4.78 is 40.0. The first kappa shape index (κ1) is 25.2. The SMILES string of the molecule is CN(C)c1nc(N[C@H]2CC[C@@H](NC(=S)Nc3ccc(Cl)cc3C(F)(F)F)CC2)nc2ccccc12. The van der Waals surface area contributed by atoms with Gasteiger partial charge in [-0.05, 0) is 68.2 Å². The molecule has 0 unspecified atom stereocenters. The first-order valence-electron chi connectivity index (χ1n) is 11.2. The molecule has 186 valence electrons. The molecule has 2 aromatic carbocycles. The number of rotatable bonds is 5. The van der Waals surface area contributed by atoms with Gasteiger partial charge in [0.1, 0.15) is 5.82 Å². The van der Waals surface area contributed by atoms with Crippen molar-refractivity contribution in [1.82, 2.24) is 15.3 Å². The molecule has 1 aromatic heterocycles. The van der Waals surface area contributed by atoms with Crippen LogP contribution in [0.4, 0.5) is 30.6 Å². The summed E-state index contributed by atoms with van der Waals surface area (Å²) in [4.78, 5) is 11.3. The van der Waals surface area contributed by atoms with Gasteiger partial charge in [-0.15, -0.1) is 0 Å². The van der Waals surface area contributed by atoms with Crippen molar-refractivity contribution in [2.45, 2.75) is 43.9 Å². The molecule has 0 radical (unpaired) electrons. The molecule has 0 bridgehead atoms. The van der Waals surface area contributed by atoms with Crippen LogP contribution in [0.1, 0.15) is 31.2 Å². The van der Waals surface area contributed by atoms with Crippen LogP contribution >= 0.6 is 23.8 Å². The summed E-state index contributed by atoms with van der Waals surface area (Å²) in [5.74, 6) is 1.44. The lowest BCUT2D eigenvalue weighted by Crippen LogP contribution is -2.42. The lowest BCUT2D eigenvalue weighted by atomic mass is 9.91. The molecular formula is C24H26ClF3N6S. The van der Waals surface area contributed by atoms with E-state index in [1.807, 2.05) is 43.3 Å². The number of nitrogens with one attached hydrogen (secondary N) is 3. The Hall–Kier alpha value is -2.85. The Morgan fingerprint density at radius 1 is 1.03 bits per heavy atom. The second-order valence-electron chi connectivity index (χ2n) is 8.76. The first-order chi connectivity index (χ1) is 16.6. The number of para-hydroxylation sites is 1. The number of anilines is 3. The molecule has 0 saturated heterocycles. The molecule has 1 saturated carbocycles. The van der Waals surface area contributed by atoms with E-state index >= 15 is 0 Å². The van der Waals surface area contributed by atoms with Crippen LogP contribution in [0, 0.1) is 0 Å². The van der Waals surface area contributed by atoms with Crippen molar-refractivity contribution in [3.05, 3.63) is 53.1 Å². The maximum Gasteiger partial charge on any atom is 0.418 e. The number of hydrogen-bond donors (Lipinski definition) is 3. The molecule has 35 heavy (non-hydrogen) atoms. The van der Waals surface area contributed by atoms with Crippen LogP contribution in [0.3, 0.4) is 0 Å². The third-order valence-corrected chi connectivity index (χ3v) is 6.39. The smallest absolute Gasteiger partial charge is 0.362 e. The summed E-state index contributed by atoms with van der Waals surface area (Å²) in [5, 5.41) is 10.4. The number of thiocarbonyl (C=S) groups is 1. The Labute approximate surface area is 212 Å². The molecule has 0 amide bonds. The lowest BCUT2D eigenvalue weighted by Gasteiger charge is -2.31. The number of fused-ring (bicyclic) bond motifs is 1. The largest absolute Gasteiger partial charge is 0.418 e. The highest BCUT2D eigenvalue weighted by atomic mass is 35.5. The van der Waals surface area contributed by atoms with E-state index in [0.717, 1.165) is 48.5 Å². The van der Waals surface area contributed by atoms with Gasteiger partial charge < -0.3 is 20.9 Å². The zero-order chi connectivity index (χ0) is 25.2. The zero-order valence-corrected chi connectivity index (χ0v) is 20.9. The van der Waals surface area contributed by atoms with Gasteiger partial charge in [-0.3, -0.25) is 0 Å². The van der Waals surface area contributed by atoms with Crippen molar-refractivity contribution in [1.29, 1.82) is 0 Å². The number of nitrogens with zero attached hydrogens (tertiary/aromatic N) is 3. The van der Waals surface area contributed by atoms with Crippen LogP contribution in [-0.4, -0.2) is 41.3 Å². The molecule has 4 rings (SSSR count).